The molecule has 44 heavy (non-hydrogen) atoms. The van der Waals surface area contributed by atoms with Gasteiger partial charge in [-0.25, -0.2) is 10.2 Å². The number of benzene rings is 5. The predicted molar refractivity (Wildman–Crippen MR) is 165 cm³/mol. The predicted octanol–water partition coefficient (Wildman–Crippen LogP) is 7.46. The summed E-state index contributed by atoms with van der Waals surface area (Å²) in [5.41, 5.74) is 5.87. The molecular formula is C37H21N5OPt-2. The molecule has 3 aromatic heterocycles. The van der Waals surface area contributed by atoms with Crippen molar-refractivity contribution in [2.45, 2.75) is 0 Å². The summed E-state index contributed by atoms with van der Waals surface area (Å²) in [5, 5.41) is 12.1. The normalized spacial score (nSPS) is 11.0. The summed E-state index contributed by atoms with van der Waals surface area (Å²) in [5.74, 6) is 1.57. The molecule has 0 amide bonds. The Morgan fingerprint density at radius 1 is 0.727 bits per heavy atom. The number of hydrogen-bond acceptors (Lipinski definition) is 3. The Bertz CT molecular complexity index is 2340. The molecule has 0 radical (unpaired) electrons. The molecule has 0 saturated heterocycles. The fourth-order valence-electron chi connectivity index (χ4n) is 5.54. The number of fused-ring (bicyclic) bond motifs is 4. The van der Waals surface area contributed by atoms with Crippen molar-refractivity contribution in [3.8, 4) is 34.8 Å². The first-order chi connectivity index (χ1) is 21.3. The van der Waals surface area contributed by atoms with E-state index in [1.807, 2.05) is 106 Å². The molecule has 0 aliphatic heterocycles. The van der Waals surface area contributed by atoms with E-state index in [4.69, 9.17) is 4.74 Å². The molecule has 8 aromatic rings. The molecule has 0 unspecified atom stereocenters. The third-order valence-corrected chi connectivity index (χ3v) is 7.48. The molecule has 0 saturated carbocycles. The van der Waals surface area contributed by atoms with Gasteiger partial charge in [0.15, 0.2) is 0 Å². The van der Waals surface area contributed by atoms with Crippen LogP contribution in [0.4, 0.5) is 0 Å². The van der Waals surface area contributed by atoms with Crippen molar-refractivity contribution in [1.82, 2.24) is 14.1 Å². The average Bonchev–Trinajstić information content (AvgIpc) is 3.62. The van der Waals surface area contributed by atoms with Gasteiger partial charge < -0.3 is 13.9 Å². The van der Waals surface area contributed by atoms with Gasteiger partial charge in [-0.15, -0.1) is 23.6 Å². The van der Waals surface area contributed by atoms with Gasteiger partial charge in [0.2, 0.25) is 0 Å². The first kappa shape index (κ1) is 27.3. The Balaban J connectivity index is 0.00000312. The number of ether oxygens (including phenoxy) is 1. The monoisotopic (exact) mass is 746 g/mol. The molecule has 6 nitrogen and oxygen atoms in total. The van der Waals surface area contributed by atoms with Gasteiger partial charge in [0.05, 0.1) is 16.7 Å². The van der Waals surface area contributed by atoms with Gasteiger partial charge in [-0.05, 0) is 47.0 Å². The number of pyridine rings is 1. The van der Waals surface area contributed by atoms with Crippen LogP contribution in [-0.4, -0.2) is 14.1 Å². The quantitative estimate of drug-likeness (QED) is 0.136. The number of hydrogen-bond donors (Lipinski definition) is 0. The summed E-state index contributed by atoms with van der Waals surface area (Å²) in [6.07, 6.45) is 5.24. The minimum absolute atomic E-state index is 0. The zero-order chi connectivity index (χ0) is 28.8. The van der Waals surface area contributed by atoms with Gasteiger partial charge in [0.25, 0.3) is 6.33 Å². The largest absolute Gasteiger partial charge is 0.508 e. The molecule has 5 aromatic carbocycles. The van der Waals surface area contributed by atoms with Gasteiger partial charge in [-0.1, -0.05) is 72.2 Å². The minimum Gasteiger partial charge on any atom is -0.508 e. The molecule has 7 heteroatoms. The maximum Gasteiger partial charge on any atom is 0.268 e. The van der Waals surface area contributed by atoms with Gasteiger partial charge in [0.1, 0.15) is 5.82 Å². The smallest absolute Gasteiger partial charge is 0.268 e. The van der Waals surface area contributed by atoms with Crippen LogP contribution in [0.2, 0.25) is 0 Å². The van der Waals surface area contributed by atoms with E-state index in [0.29, 0.717) is 22.7 Å². The number of rotatable bonds is 5. The minimum atomic E-state index is 0. The molecule has 0 atom stereocenters. The summed E-state index contributed by atoms with van der Waals surface area (Å²) in [4.78, 5) is 4.60. The van der Waals surface area contributed by atoms with E-state index in [1.165, 1.54) is 0 Å². The maximum absolute atomic E-state index is 9.95. The van der Waals surface area contributed by atoms with Gasteiger partial charge in [-0.2, -0.15) is 18.2 Å². The number of para-hydroxylation sites is 4. The first-order valence-electron chi connectivity index (χ1n) is 13.8. The molecule has 0 N–H and O–H groups in total. The van der Waals surface area contributed by atoms with Crippen LogP contribution in [0.5, 0.6) is 11.5 Å². The summed E-state index contributed by atoms with van der Waals surface area (Å²) in [6, 6.07) is 48.8. The van der Waals surface area contributed by atoms with E-state index in [-0.39, 0.29) is 21.1 Å². The van der Waals surface area contributed by atoms with Crippen LogP contribution in [0, 0.1) is 29.8 Å². The molecular weight excluding hydrogens is 726 g/mol. The standard InChI is InChI=1S/C37H21N5O.Pt/c38-24-26-17-18-28(41-25-40(27-10-2-1-3-11-27)33-14-6-7-15-34(33)41)22-36(26)43-29-19-20-31-30-12-4-5-13-32(30)42(35(31)23-29)37-16-8-9-21-39-37;/h1-21H;/q-2;. The Kier molecular flexibility index (Phi) is 7.02. The topological polar surface area (TPSA) is 59.6 Å². The van der Waals surface area contributed by atoms with Gasteiger partial charge >= 0.3 is 0 Å². The van der Waals surface area contributed by atoms with E-state index >= 15 is 0 Å². The van der Waals surface area contributed by atoms with Crippen LogP contribution < -0.4 is 9.30 Å². The van der Waals surface area contributed by atoms with E-state index < -0.39 is 0 Å². The van der Waals surface area contributed by atoms with Crippen LogP contribution in [0.25, 0.3) is 50.0 Å². The summed E-state index contributed by atoms with van der Waals surface area (Å²) in [6.45, 7) is 0. The Morgan fingerprint density at radius 3 is 2.32 bits per heavy atom. The summed E-state index contributed by atoms with van der Waals surface area (Å²) in [7, 11) is 0. The van der Waals surface area contributed by atoms with Crippen molar-refractivity contribution in [1.29, 1.82) is 5.26 Å². The zero-order valence-electron chi connectivity index (χ0n) is 23.1. The number of aromatic nitrogens is 4. The van der Waals surface area contributed by atoms with Crippen molar-refractivity contribution in [2.24, 2.45) is 0 Å². The summed E-state index contributed by atoms with van der Waals surface area (Å²) >= 11 is 0. The second-order valence-corrected chi connectivity index (χ2v) is 10.0. The Morgan fingerprint density at radius 2 is 1.50 bits per heavy atom. The molecule has 0 aliphatic rings. The molecule has 212 valence electrons. The van der Waals surface area contributed by atoms with E-state index in [2.05, 4.69) is 52.3 Å². The van der Waals surface area contributed by atoms with Crippen LogP contribution in [0.1, 0.15) is 5.56 Å². The molecule has 0 aliphatic carbocycles. The fraction of sp³-hybridized carbons (Fsp3) is 0. The van der Waals surface area contributed by atoms with Crippen LogP contribution in [0.3, 0.4) is 0 Å². The SMILES string of the molecule is N#Cc1ccc(-[n+]2[c-]n(-c3ccccc3)c3ccccc32)[c-]c1Oc1[c-]c2c(cc1)c1ccccc1n2-c1ccccn1.[Pt]. The molecule has 0 fully saturated rings. The Labute approximate surface area is 267 Å². The molecule has 0 bridgehead atoms. The van der Waals surface area contributed by atoms with Crippen molar-refractivity contribution >= 4 is 32.8 Å². The third-order valence-electron chi connectivity index (χ3n) is 7.48. The van der Waals surface area contributed by atoms with Crippen LogP contribution >= 0.6 is 0 Å². The molecule has 3 heterocycles. The number of nitriles is 1. The van der Waals surface area contributed by atoms with Crippen LogP contribution in [0.15, 0.2) is 128 Å². The van der Waals surface area contributed by atoms with Crippen molar-refractivity contribution in [2.75, 3.05) is 0 Å². The fourth-order valence-corrected chi connectivity index (χ4v) is 5.54. The van der Waals surface area contributed by atoms with E-state index in [9.17, 15) is 5.26 Å². The Hall–Kier alpha value is -5.50. The first-order valence-corrected chi connectivity index (χ1v) is 13.8. The third kappa shape index (κ3) is 4.55. The van der Waals surface area contributed by atoms with Gasteiger partial charge in [-0.3, -0.25) is 4.57 Å². The number of nitrogens with zero attached hydrogens (tertiary/aromatic N) is 5. The molecule has 8 rings (SSSR count). The van der Waals surface area contributed by atoms with Crippen LogP contribution in [-0.2, 0) is 21.1 Å². The van der Waals surface area contributed by atoms with Gasteiger partial charge in [0, 0.05) is 50.3 Å². The maximum atomic E-state index is 9.95. The van der Waals surface area contributed by atoms with Crippen molar-refractivity contribution in [3.05, 3.63) is 152 Å². The zero-order valence-corrected chi connectivity index (χ0v) is 25.4. The second kappa shape index (κ2) is 11.3. The molecule has 0 spiro atoms. The summed E-state index contributed by atoms with van der Waals surface area (Å²) < 4.78 is 12.4. The van der Waals surface area contributed by atoms with Crippen molar-refractivity contribution < 1.29 is 30.4 Å². The second-order valence-electron chi connectivity index (χ2n) is 10.0. The van der Waals surface area contributed by atoms with Crippen molar-refractivity contribution in [3.63, 3.8) is 0 Å². The number of imidazole rings is 1. The van der Waals surface area contributed by atoms with E-state index in [0.717, 1.165) is 44.3 Å². The van der Waals surface area contributed by atoms with E-state index in [1.54, 1.807) is 12.3 Å². The average molecular weight is 747 g/mol.